The SMILES string of the molecule is CCCN=C(C)c1ccc(Cl)cc1. The fourth-order valence-electron chi connectivity index (χ4n) is 1.06. The Morgan fingerprint density at radius 3 is 2.46 bits per heavy atom. The predicted molar refractivity (Wildman–Crippen MR) is 58.8 cm³/mol. The first-order valence-corrected chi connectivity index (χ1v) is 4.89. The minimum atomic E-state index is 0.770. The molecule has 1 aromatic rings. The number of hydrogen-bond donors (Lipinski definition) is 0. The molecule has 0 saturated heterocycles. The molecule has 0 aliphatic rings. The van der Waals surface area contributed by atoms with E-state index in [0.29, 0.717) is 0 Å². The van der Waals surface area contributed by atoms with E-state index in [1.54, 1.807) is 0 Å². The smallest absolute Gasteiger partial charge is 0.0406 e. The van der Waals surface area contributed by atoms with Crippen LogP contribution in [0.3, 0.4) is 0 Å². The van der Waals surface area contributed by atoms with Crippen LogP contribution < -0.4 is 0 Å². The number of nitrogens with zero attached hydrogens (tertiary/aromatic N) is 1. The molecule has 2 heteroatoms. The third kappa shape index (κ3) is 3.19. The largest absolute Gasteiger partial charge is 0.289 e. The van der Waals surface area contributed by atoms with Crippen molar-refractivity contribution in [3.63, 3.8) is 0 Å². The van der Waals surface area contributed by atoms with Crippen molar-refractivity contribution in [3.05, 3.63) is 34.9 Å². The summed E-state index contributed by atoms with van der Waals surface area (Å²) in [6.07, 6.45) is 1.09. The topological polar surface area (TPSA) is 12.4 Å². The molecule has 0 radical (unpaired) electrons. The quantitative estimate of drug-likeness (QED) is 0.654. The Hall–Kier alpha value is -0.820. The van der Waals surface area contributed by atoms with Crippen molar-refractivity contribution in [3.8, 4) is 0 Å². The highest BCUT2D eigenvalue weighted by Crippen LogP contribution is 2.10. The first kappa shape index (κ1) is 10.3. The zero-order chi connectivity index (χ0) is 9.68. The number of benzene rings is 1. The summed E-state index contributed by atoms with van der Waals surface area (Å²) in [6.45, 7) is 5.05. The van der Waals surface area contributed by atoms with Gasteiger partial charge in [0.15, 0.2) is 0 Å². The second kappa shape index (κ2) is 5.03. The highest BCUT2D eigenvalue weighted by atomic mass is 35.5. The third-order valence-electron chi connectivity index (χ3n) is 1.83. The molecule has 1 rings (SSSR count). The molecule has 0 atom stereocenters. The third-order valence-corrected chi connectivity index (χ3v) is 2.09. The van der Waals surface area contributed by atoms with E-state index in [4.69, 9.17) is 11.6 Å². The second-order valence-electron chi connectivity index (χ2n) is 2.97. The molecule has 0 heterocycles. The molecule has 0 aliphatic heterocycles. The highest BCUT2D eigenvalue weighted by molar-refractivity contribution is 6.30. The van der Waals surface area contributed by atoms with Crippen LogP contribution in [0, 0.1) is 0 Å². The summed E-state index contributed by atoms with van der Waals surface area (Å²) < 4.78 is 0. The fourth-order valence-corrected chi connectivity index (χ4v) is 1.19. The van der Waals surface area contributed by atoms with Crippen LogP contribution in [0.5, 0.6) is 0 Å². The standard InChI is InChI=1S/C11H14ClN/c1-3-8-13-9(2)10-4-6-11(12)7-5-10/h4-7H,3,8H2,1-2H3. The Balaban J connectivity index is 2.77. The molecule has 0 unspecified atom stereocenters. The highest BCUT2D eigenvalue weighted by Gasteiger charge is 1.95. The van der Waals surface area contributed by atoms with Crippen molar-refractivity contribution in [2.75, 3.05) is 6.54 Å². The van der Waals surface area contributed by atoms with Gasteiger partial charge in [0.2, 0.25) is 0 Å². The van der Waals surface area contributed by atoms with Crippen LogP contribution in [0.25, 0.3) is 0 Å². The zero-order valence-corrected chi connectivity index (χ0v) is 8.80. The number of rotatable bonds is 3. The maximum Gasteiger partial charge on any atom is 0.0406 e. The van der Waals surface area contributed by atoms with E-state index >= 15 is 0 Å². The van der Waals surface area contributed by atoms with Gasteiger partial charge in [-0.2, -0.15) is 0 Å². The van der Waals surface area contributed by atoms with Gasteiger partial charge in [0, 0.05) is 17.3 Å². The van der Waals surface area contributed by atoms with Crippen molar-refractivity contribution >= 4 is 17.3 Å². The van der Waals surface area contributed by atoms with E-state index in [2.05, 4.69) is 11.9 Å². The van der Waals surface area contributed by atoms with E-state index in [0.717, 1.165) is 29.3 Å². The molecular formula is C11H14ClN. The maximum atomic E-state index is 5.78. The molecule has 0 spiro atoms. The van der Waals surface area contributed by atoms with Crippen molar-refractivity contribution < 1.29 is 0 Å². The first-order chi connectivity index (χ1) is 6.24. The summed E-state index contributed by atoms with van der Waals surface area (Å²) in [5.74, 6) is 0. The molecule has 0 aromatic heterocycles. The summed E-state index contributed by atoms with van der Waals surface area (Å²) in [5.41, 5.74) is 2.23. The molecule has 13 heavy (non-hydrogen) atoms. The maximum absolute atomic E-state index is 5.78. The zero-order valence-electron chi connectivity index (χ0n) is 8.05. The first-order valence-electron chi connectivity index (χ1n) is 4.51. The summed E-state index contributed by atoms with van der Waals surface area (Å²) in [5, 5.41) is 0.770. The van der Waals surface area contributed by atoms with E-state index in [-0.39, 0.29) is 0 Å². The Bertz CT molecular complexity index is 287. The van der Waals surface area contributed by atoms with Gasteiger partial charge in [-0.25, -0.2) is 0 Å². The Morgan fingerprint density at radius 2 is 1.92 bits per heavy atom. The van der Waals surface area contributed by atoms with Crippen molar-refractivity contribution in [1.82, 2.24) is 0 Å². The van der Waals surface area contributed by atoms with Crippen LogP contribution in [0.1, 0.15) is 25.8 Å². The van der Waals surface area contributed by atoms with Gasteiger partial charge in [-0.3, -0.25) is 4.99 Å². The van der Waals surface area contributed by atoms with Gasteiger partial charge in [-0.15, -0.1) is 0 Å². The summed E-state index contributed by atoms with van der Waals surface area (Å²) in [6, 6.07) is 7.78. The average molecular weight is 196 g/mol. The van der Waals surface area contributed by atoms with Crippen molar-refractivity contribution in [2.24, 2.45) is 4.99 Å². The van der Waals surface area contributed by atoms with Crippen LogP contribution in [-0.2, 0) is 0 Å². The molecule has 0 fully saturated rings. The normalized spacial score (nSPS) is 11.8. The molecule has 0 saturated carbocycles. The second-order valence-corrected chi connectivity index (χ2v) is 3.41. The van der Waals surface area contributed by atoms with Crippen LogP contribution in [0.15, 0.2) is 29.3 Å². The van der Waals surface area contributed by atoms with Gasteiger partial charge in [0.05, 0.1) is 0 Å². The molecule has 1 nitrogen and oxygen atoms in total. The van der Waals surface area contributed by atoms with E-state index in [1.165, 1.54) is 0 Å². The van der Waals surface area contributed by atoms with Crippen LogP contribution >= 0.6 is 11.6 Å². The molecule has 0 bridgehead atoms. The average Bonchev–Trinajstić information content (AvgIpc) is 2.15. The lowest BCUT2D eigenvalue weighted by molar-refractivity contribution is 0.931. The fraction of sp³-hybridized carbons (Fsp3) is 0.364. The minimum Gasteiger partial charge on any atom is -0.289 e. The Kier molecular flexibility index (Phi) is 3.97. The lowest BCUT2D eigenvalue weighted by Crippen LogP contribution is -1.95. The Morgan fingerprint density at radius 1 is 1.31 bits per heavy atom. The molecule has 0 amide bonds. The lowest BCUT2D eigenvalue weighted by atomic mass is 10.1. The van der Waals surface area contributed by atoms with Gasteiger partial charge < -0.3 is 0 Å². The molecule has 70 valence electrons. The van der Waals surface area contributed by atoms with Crippen molar-refractivity contribution in [2.45, 2.75) is 20.3 Å². The van der Waals surface area contributed by atoms with Crippen LogP contribution in [0.4, 0.5) is 0 Å². The van der Waals surface area contributed by atoms with Gasteiger partial charge in [-0.1, -0.05) is 30.7 Å². The molecule has 0 N–H and O–H groups in total. The van der Waals surface area contributed by atoms with E-state index < -0.39 is 0 Å². The molecular weight excluding hydrogens is 182 g/mol. The predicted octanol–water partition coefficient (Wildman–Crippen LogP) is 3.56. The van der Waals surface area contributed by atoms with Gasteiger partial charge in [0.1, 0.15) is 0 Å². The van der Waals surface area contributed by atoms with Gasteiger partial charge in [-0.05, 0) is 31.0 Å². The van der Waals surface area contributed by atoms with Crippen molar-refractivity contribution in [1.29, 1.82) is 0 Å². The minimum absolute atomic E-state index is 0.770. The summed E-state index contributed by atoms with van der Waals surface area (Å²) in [7, 11) is 0. The number of halogens is 1. The summed E-state index contributed by atoms with van der Waals surface area (Å²) >= 11 is 5.78. The lowest BCUT2D eigenvalue weighted by Gasteiger charge is -2.00. The Labute approximate surface area is 84.5 Å². The molecule has 1 aromatic carbocycles. The van der Waals surface area contributed by atoms with Gasteiger partial charge >= 0.3 is 0 Å². The molecule has 0 aliphatic carbocycles. The van der Waals surface area contributed by atoms with E-state index in [9.17, 15) is 0 Å². The van der Waals surface area contributed by atoms with Gasteiger partial charge in [0.25, 0.3) is 0 Å². The number of hydrogen-bond acceptors (Lipinski definition) is 1. The van der Waals surface area contributed by atoms with E-state index in [1.807, 2.05) is 31.2 Å². The number of aliphatic imine (C=N–C) groups is 1. The summed E-state index contributed by atoms with van der Waals surface area (Å²) in [4.78, 5) is 4.42. The van der Waals surface area contributed by atoms with Crippen LogP contribution in [-0.4, -0.2) is 12.3 Å². The monoisotopic (exact) mass is 195 g/mol. The van der Waals surface area contributed by atoms with Crippen LogP contribution in [0.2, 0.25) is 5.02 Å².